The lowest BCUT2D eigenvalue weighted by Gasteiger charge is -2.02. The molecule has 0 saturated heterocycles. The summed E-state index contributed by atoms with van der Waals surface area (Å²) in [5.41, 5.74) is 2.74. The Balaban J connectivity index is 2.14. The molecule has 2 nitrogen and oxygen atoms in total. The van der Waals surface area contributed by atoms with E-state index in [4.69, 9.17) is 0 Å². The van der Waals surface area contributed by atoms with E-state index in [1.54, 1.807) is 12.4 Å². The molecule has 0 aliphatic rings. The van der Waals surface area contributed by atoms with Gasteiger partial charge in [-0.15, -0.1) is 0 Å². The monoisotopic (exact) mass is 337 g/mol. The fourth-order valence-corrected chi connectivity index (χ4v) is 1.96. The van der Waals surface area contributed by atoms with Crippen molar-refractivity contribution in [1.82, 2.24) is 4.98 Å². The predicted octanol–water partition coefficient (Wildman–Crippen LogP) is 3.42. The van der Waals surface area contributed by atoms with Gasteiger partial charge in [-0.05, 0) is 58.8 Å². The van der Waals surface area contributed by atoms with Crippen molar-refractivity contribution in [1.29, 1.82) is 0 Å². The Morgan fingerprint density at radius 1 is 1.24 bits per heavy atom. The topological polar surface area (TPSA) is 30.0 Å². The zero-order chi connectivity index (χ0) is 12.3. The Morgan fingerprint density at radius 3 is 2.59 bits per heavy atom. The van der Waals surface area contributed by atoms with Crippen LogP contribution >= 0.6 is 22.6 Å². The molecule has 0 atom stereocenters. The number of benzene rings is 1. The lowest BCUT2D eigenvalue weighted by atomic mass is 10.0. The molecule has 0 radical (unpaired) electrons. The fourth-order valence-electron chi connectivity index (χ4n) is 1.60. The van der Waals surface area contributed by atoms with Crippen molar-refractivity contribution in [3.63, 3.8) is 0 Å². The van der Waals surface area contributed by atoms with Crippen molar-refractivity contribution in [2.45, 2.75) is 13.3 Å². The van der Waals surface area contributed by atoms with Crippen molar-refractivity contribution in [2.75, 3.05) is 0 Å². The molecule has 0 unspecified atom stereocenters. The summed E-state index contributed by atoms with van der Waals surface area (Å²) in [6.07, 6.45) is 3.81. The first-order valence-electron chi connectivity index (χ1n) is 5.34. The first kappa shape index (κ1) is 12.2. The molecule has 1 aromatic carbocycles. The highest BCUT2D eigenvalue weighted by molar-refractivity contribution is 14.1. The molecule has 86 valence electrons. The molecule has 0 aliphatic heterocycles. The summed E-state index contributed by atoms with van der Waals surface area (Å²) >= 11 is 2.25. The van der Waals surface area contributed by atoms with Gasteiger partial charge in [-0.3, -0.25) is 9.78 Å². The maximum Gasteiger partial charge on any atom is 0.168 e. The van der Waals surface area contributed by atoms with E-state index < -0.39 is 0 Å². The third-order valence-electron chi connectivity index (χ3n) is 2.47. The lowest BCUT2D eigenvalue weighted by molar-refractivity contribution is 0.0992. The van der Waals surface area contributed by atoms with Gasteiger partial charge in [0.15, 0.2) is 5.78 Å². The highest BCUT2D eigenvalue weighted by Gasteiger charge is 2.07. The summed E-state index contributed by atoms with van der Waals surface area (Å²) < 4.78 is 1.18. The first-order chi connectivity index (χ1) is 8.15. The molecular weight excluding hydrogens is 325 g/mol. The summed E-state index contributed by atoms with van der Waals surface area (Å²) in [6, 6.07) is 9.88. The van der Waals surface area contributed by atoms with E-state index in [9.17, 15) is 4.79 Å². The summed E-state index contributed by atoms with van der Waals surface area (Å²) in [4.78, 5) is 16.0. The van der Waals surface area contributed by atoms with E-state index in [-0.39, 0.29) is 5.78 Å². The Morgan fingerprint density at radius 2 is 1.94 bits per heavy atom. The van der Waals surface area contributed by atoms with Gasteiger partial charge in [-0.1, -0.05) is 12.1 Å². The predicted molar refractivity (Wildman–Crippen MR) is 76.2 cm³/mol. The van der Waals surface area contributed by atoms with Crippen LogP contribution in [0.1, 0.15) is 21.5 Å². The van der Waals surface area contributed by atoms with Crippen molar-refractivity contribution < 1.29 is 4.79 Å². The highest BCUT2D eigenvalue weighted by Crippen LogP contribution is 2.10. The normalized spacial score (nSPS) is 10.2. The maximum absolute atomic E-state index is 12.0. The number of aryl methyl sites for hydroxylation is 1. The van der Waals surface area contributed by atoms with Crippen LogP contribution in [0.2, 0.25) is 0 Å². The van der Waals surface area contributed by atoms with E-state index >= 15 is 0 Å². The SMILES string of the molecule is Cc1cncc(C(=O)Cc2ccc(I)cc2)c1. The minimum absolute atomic E-state index is 0.113. The Labute approximate surface area is 114 Å². The van der Waals surface area contributed by atoms with Gasteiger partial charge in [0.05, 0.1) is 0 Å². The number of pyridine rings is 1. The van der Waals surface area contributed by atoms with Gasteiger partial charge >= 0.3 is 0 Å². The Bertz CT molecular complexity index is 534. The molecule has 1 aromatic heterocycles. The summed E-state index contributed by atoms with van der Waals surface area (Å²) in [7, 11) is 0. The van der Waals surface area contributed by atoms with Crippen molar-refractivity contribution in [2.24, 2.45) is 0 Å². The number of hydrogen-bond donors (Lipinski definition) is 0. The molecule has 0 bridgehead atoms. The second kappa shape index (κ2) is 5.40. The van der Waals surface area contributed by atoms with Crippen molar-refractivity contribution in [3.8, 4) is 0 Å². The van der Waals surface area contributed by atoms with Gasteiger partial charge < -0.3 is 0 Å². The van der Waals surface area contributed by atoms with Crippen LogP contribution < -0.4 is 0 Å². The maximum atomic E-state index is 12.0. The van der Waals surface area contributed by atoms with Crippen LogP contribution in [0, 0.1) is 10.5 Å². The molecule has 3 heteroatoms. The van der Waals surface area contributed by atoms with E-state index in [0.717, 1.165) is 11.1 Å². The highest BCUT2D eigenvalue weighted by atomic mass is 127. The minimum Gasteiger partial charge on any atom is -0.294 e. The standard InChI is InChI=1S/C14H12INO/c1-10-6-12(9-16-8-10)14(17)7-11-2-4-13(15)5-3-11/h2-6,8-9H,7H2,1H3. The number of rotatable bonds is 3. The number of halogens is 1. The molecule has 2 rings (SSSR count). The van der Waals surface area contributed by atoms with E-state index in [2.05, 4.69) is 27.6 Å². The minimum atomic E-state index is 0.113. The van der Waals surface area contributed by atoms with E-state index in [1.165, 1.54) is 3.57 Å². The third-order valence-corrected chi connectivity index (χ3v) is 3.19. The van der Waals surface area contributed by atoms with Gasteiger partial charge in [0, 0.05) is 27.9 Å². The molecule has 1 heterocycles. The van der Waals surface area contributed by atoms with Crippen molar-refractivity contribution >= 4 is 28.4 Å². The third kappa shape index (κ3) is 3.36. The van der Waals surface area contributed by atoms with Crippen LogP contribution in [0.15, 0.2) is 42.7 Å². The second-order valence-corrected chi connectivity index (χ2v) is 5.22. The molecular formula is C14H12INO. The molecule has 17 heavy (non-hydrogen) atoms. The van der Waals surface area contributed by atoms with Crippen LogP contribution in [0.4, 0.5) is 0 Å². The zero-order valence-electron chi connectivity index (χ0n) is 9.48. The molecule has 0 aliphatic carbocycles. The molecule has 2 aromatic rings. The average molecular weight is 337 g/mol. The number of nitrogens with zero attached hydrogens (tertiary/aromatic N) is 1. The van der Waals surface area contributed by atoms with Crippen LogP contribution in [-0.2, 0) is 6.42 Å². The molecule has 0 spiro atoms. The lowest BCUT2D eigenvalue weighted by Crippen LogP contribution is -2.04. The van der Waals surface area contributed by atoms with Crippen LogP contribution in [0.25, 0.3) is 0 Å². The van der Waals surface area contributed by atoms with Gasteiger partial charge in [0.25, 0.3) is 0 Å². The van der Waals surface area contributed by atoms with Gasteiger partial charge in [-0.2, -0.15) is 0 Å². The molecule has 0 fully saturated rings. The van der Waals surface area contributed by atoms with Gasteiger partial charge in [0.1, 0.15) is 0 Å². The Hall–Kier alpha value is -1.23. The zero-order valence-corrected chi connectivity index (χ0v) is 11.6. The summed E-state index contributed by atoms with van der Waals surface area (Å²) in [6.45, 7) is 1.94. The number of Topliss-reactive ketones (excluding diaryl/α,β-unsaturated/α-hetero) is 1. The number of carbonyl (C=O) groups is 1. The van der Waals surface area contributed by atoms with Crippen molar-refractivity contribution in [3.05, 3.63) is 63.0 Å². The second-order valence-electron chi connectivity index (χ2n) is 3.98. The Kier molecular flexibility index (Phi) is 3.89. The molecule has 0 saturated carbocycles. The van der Waals surface area contributed by atoms with Gasteiger partial charge in [0.2, 0.25) is 0 Å². The van der Waals surface area contributed by atoms with E-state index in [0.29, 0.717) is 12.0 Å². The molecule has 0 N–H and O–H groups in total. The quantitative estimate of drug-likeness (QED) is 0.635. The smallest absolute Gasteiger partial charge is 0.168 e. The average Bonchev–Trinajstić information content (AvgIpc) is 2.32. The number of carbonyl (C=O) groups excluding carboxylic acids is 1. The largest absolute Gasteiger partial charge is 0.294 e. The summed E-state index contributed by atoms with van der Waals surface area (Å²) in [5.74, 6) is 0.113. The van der Waals surface area contributed by atoms with Crippen LogP contribution in [0.5, 0.6) is 0 Å². The molecule has 0 amide bonds. The van der Waals surface area contributed by atoms with Crippen LogP contribution in [-0.4, -0.2) is 10.8 Å². The van der Waals surface area contributed by atoms with Crippen LogP contribution in [0.3, 0.4) is 0 Å². The number of ketones is 1. The van der Waals surface area contributed by atoms with Gasteiger partial charge in [-0.25, -0.2) is 0 Å². The number of aromatic nitrogens is 1. The first-order valence-corrected chi connectivity index (χ1v) is 6.42. The summed E-state index contributed by atoms with van der Waals surface area (Å²) in [5, 5.41) is 0. The number of hydrogen-bond acceptors (Lipinski definition) is 2. The fraction of sp³-hybridized carbons (Fsp3) is 0.143. The van der Waals surface area contributed by atoms with E-state index in [1.807, 2.05) is 37.3 Å².